The molecule has 1 heterocycles. The second kappa shape index (κ2) is 6.67. The van der Waals surface area contributed by atoms with Crippen LogP contribution < -0.4 is 5.32 Å². The fourth-order valence-corrected chi connectivity index (χ4v) is 2.27. The number of fused-ring (bicyclic) bond motifs is 1. The highest BCUT2D eigenvalue weighted by Crippen LogP contribution is 2.28. The normalized spacial score (nSPS) is 11.8. The third-order valence-electron chi connectivity index (χ3n) is 3.80. The highest BCUT2D eigenvalue weighted by atomic mass is 16.6. The Morgan fingerprint density at radius 2 is 1.95 bits per heavy atom. The maximum Gasteiger partial charge on any atom is 0.300 e. The average Bonchev–Trinajstić information content (AvgIpc) is 3.00. The maximum absolute atomic E-state index is 12.1. The molecule has 0 aliphatic rings. The first-order valence-corrected chi connectivity index (χ1v) is 7.21. The number of nitrogens with zero attached hydrogens (tertiary/aromatic N) is 4. The van der Waals surface area contributed by atoms with Crippen LogP contribution in [-0.2, 0) is 0 Å². The van der Waals surface area contributed by atoms with Crippen LogP contribution in [0.5, 0.6) is 0 Å². The van der Waals surface area contributed by atoms with Crippen LogP contribution in [0.3, 0.4) is 0 Å². The van der Waals surface area contributed by atoms with Gasteiger partial charge in [-0.25, -0.2) is 4.63 Å². The minimum atomic E-state index is -0.526. The molecule has 1 aromatic carbocycles. The first-order chi connectivity index (χ1) is 10.5. The zero-order valence-electron chi connectivity index (χ0n) is 12.6. The Morgan fingerprint density at radius 1 is 1.27 bits per heavy atom. The predicted octanol–water partition coefficient (Wildman–Crippen LogP) is 2.29. The lowest BCUT2D eigenvalue weighted by Crippen LogP contribution is -2.42. The van der Waals surface area contributed by atoms with Crippen LogP contribution in [0.2, 0.25) is 0 Å². The third kappa shape index (κ3) is 3.31. The summed E-state index contributed by atoms with van der Waals surface area (Å²) in [5, 5.41) is 33.4. The van der Waals surface area contributed by atoms with E-state index in [1.807, 2.05) is 13.8 Å². The zero-order valence-corrected chi connectivity index (χ0v) is 12.6. The van der Waals surface area contributed by atoms with Gasteiger partial charge in [-0.1, -0.05) is 0 Å². The molecular formula is C13H19N5O4. The summed E-state index contributed by atoms with van der Waals surface area (Å²) in [5.41, 5.74) is 0.905. The summed E-state index contributed by atoms with van der Waals surface area (Å²) in [6.45, 7) is 5.95. The standard InChI is InChI=1S/C13H19N5O4/c1-3-18(21,4-2)9-5-8-14-10-6-7-11(17(19)20)13-12(10)15-22-16-13/h6-7,14H,3-5,8-9H2,1-2H3. The maximum atomic E-state index is 12.1. The predicted molar refractivity (Wildman–Crippen MR) is 81.1 cm³/mol. The number of non-ortho nitro benzene ring substituents is 1. The molecule has 0 radical (unpaired) electrons. The number of hydrogen-bond acceptors (Lipinski definition) is 7. The number of hydrogen-bond donors (Lipinski definition) is 1. The van der Waals surface area contributed by atoms with E-state index in [1.54, 1.807) is 6.07 Å². The Kier molecular flexibility index (Phi) is 4.88. The fourth-order valence-electron chi connectivity index (χ4n) is 2.27. The van der Waals surface area contributed by atoms with Gasteiger partial charge < -0.3 is 15.2 Å². The van der Waals surface area contributed by atoms with Crippen LogP contribution in [-0.4, -0.2) is 46.1 Å². The molecule has 9 heteroatoms. The van der Waals surface area contributed by atoms with E-state index in [9.17, 15) is 15.3 Å². The molecule has 22 heavy (non-hydrogen) atoms. The van der Waals surface area contributed by atoms with Gasteiger partial charge in [0.1, 0.15) is 0 Å². The monoisotopic (exact) mass is 309 g/mol. The van der Waals surface area contributed by atoms with Crippen LogP contribution in [0, 0.1) is 15.3 Å². The molecule has 0 bridgehead atoms. The Balaban J connectivity index is 2.03. The van der Waals surface area contributed by atoms with Crippen LogP contribution in [0.1, 0.15) is 20.3 Å². The van der Waals surface area contributed by atoms with Crippen molar-refractivity contribution in [3.05, 3.63) is 27.5 Å². The Hall–Kier alpha value is -2.26. The molecule has 2 aromatic rings. The highest BCUT2D eigenvalue weighted by Gasteiger charge is 2.19. The van der Waals surface area contributed by atoms with Crippen molar-refractivity contribution in [2.24, 2.45) is 0 Å². The Labute approximate surface area is 127 Å². The van der Waals surface area contributed by atoms with Crippen molar-refractivity contribution in [2.45, 2.75) is 20.3 Å². The minimum Gasteiger partial charge on any atom is -0.633 e. The van der Waals surface area contributed by atoms with Gasteiger partial charge in [-0.2, -0.15) is 0 Å². The molecule has 9 nitrogen and oxygen atoms in total. The quantitative estimate of drug-likeness (QED) is 0.344. The molecule has 0 aliphatic carbocycles. The molecule has 0 atom stereocenters. The number of nitrogens with one attached hydrogen (secondary N) is 1. The number of rotatable bonds is 8. The summed E-state index contributed by atoms with van der Waals surface area (Å²) in [6.07, 6.45) is 0.689. The van der Waals surface area contributed by atoms with Gasteiger partial charge in [0.25, 0.3) is 0 Å². The molecule has 0 saturated heterocycles. The van der Waals surface area contributed by atoms with Crippen molar-refractivity contribution >= 4 is 22.4 Å². The summed E-state index contributed by atoms with van der Waals surface area (Å²) < 4.78 is 4.37. The fraction of sp³-hybridized carbons (Fsp3) is 0.538. The first-order valence-electron chi connectivity index (χ1n) is 7.21. The van der Waals surface area contributed by atoms with Crippen LogP contribution >= 0.6 is 0 Å². The molecule has 0 unspecified atom stereocenters. The van der Waals surface area contributed by atoms with Crippen molar-refractivity contribution in [3.8, 4) is 0 Å². The van der Waals surface area contributed by atoms with Gasteiger partial charge in [0, 0.05) is 19.0 Å². The van der Waals surface area contributed by atoms with Gasteiger partial charge in [-0.15, -0.1) is 0 Å². The lowest BCUT2D eigenvalue weighted by Gasteiger charge is -2.41. The SMILES string of the molecule is CC[N+]([O-])(CC)CCCNc1ccc([N+](=O)[O-])c2nonc12. The Bertz CT molecular complexity index is 653. The molecule has 0 spiro atoms. The van der Waals surface area contributed by atoms with Gasteiger partial charge in [0.15, 0.2) is 5.52 Å². The highest BCUT2D eigenvalue weighted by molar-refractivity contribution is 5.93. The van der Waals surface area contributed by atoms with E-state index in [1.165, 1.54) is 6.07 Å². The summed E-state index contributed by atoms with van der Waals surface area (Å²) >= 11 is 0. The second-order valence-corrected chi connectivity index (χ2v) is 5.05. The van der Waals surface area contributed by atoms with Crippen molar-refractivity contribution in [2.75, 3.05) is 31.5 Å². The van der Waals surface area contributed by atoms with Gasteiger partial charge in [-0.3, -0.25) is 10.1 Å². The van der Waals surface area contributed by atoms with Crippen LogP contribution in [0.25, 0.3) is 11.0 Å². The largest absolute Gasteiger partial charge is 0.633 e. The zero-order chi connectivity index (χ0) is 16.2. The van der Waals surface area contributed by atoms with E-state index >= 15 is 0 Å². The summed E-state index contributed by atoms with van der Waals surface area (Å²) in [5.74, 6) is 0. The number of nitro groups is 1. The van der Waals surface area contributed by atoms with Crippen molar-refractivity contribution in [1.29, 1.82) is 0 Å². The summed E-state index contributed by atoms with van der Waals surface area (Å²) in [7, 11) is 0. The smallest absolute Gasteiger partial charge is 0.300 e. The molecule has 120 valence electrons. The first kappa shape index (κ1) is 16.1. The van der Waals surface area contributed by atoms with Gasteiger partial charge >= 0.3 is 5.69 Å². The molecule has 0 aliphatic heterocycles. The lowest BCUT2D eigenvalue weighted by atomic mass is 10.2. The number of nitro benzene ring substituents is 1. The number of hydroxylamine groups is 3. The summed E-state index contributed by atoms with van der Waals surface area (Å²) in [6, 6.07) is 2.94. The summed E-state index contributed by atoms with van der Waals surface area (Å²) in [4.78, 5) is 10.4. The van der Waals surface area contributed by atoms with Crippen molar-refractivity contribution in [3.63, 3.8) is 0 Å². The van der Waals surface area contributed by atoms with Gasteiger partial charge in [0.05, 0.1) is 30.2 Å². The molecule has 2 rings (SSSR count). The third-order valence-corrected chi connectivity index (χ3v) is 3.80. The van der Waals surface area contributed by atoms with E-state index in [0.717, 1.165) is 0 Å². The number of benzene rings is 1. The number of quaternary nitrogens is 1. The van der Waals surface area contributed by atoms with E-state index in [-0.39, 0.29) is 15.9 Å². The van der Waals surface area contributed by atoms with Crippen LogP contribution in [0.15, 0.2) is 16.8 Å². The molecule has 0 saturated carbocycles. The van der Waals surface area contributed by atoms with Gasteiger partial charge in [0.2, 0.25) is 5.52 Å². The van der Waals surface area contributed by atoms with E-state index in [4.69, 9.17) is 0 Å². The van der Waals surface area contributed by atoms with Gasteiger partial charge in [-0.05, 0) is 30.2 Å². The van der Waals surface area contributed by atoms with Crippen molar-refractivity contribution in [1.82, 2.24) is 10.3 Å². The van der Waals surface area contributed by atoms with Crippen LogP contribution in [0.4, 0.5) is 11.4 Å². The minimum absolute atomic E-state index is 0.117. The topological polar surface area (TPSA) is 117 Å². The Morgan fingerprint density at radius 3 is 2.59 bits per heavy atom. The van der Waals surface area contributed by atoms with E-state index < -0.39 is 4.92 Å². The molecular weight excluding hydrogens is 290 g/mol. The average molecular weight is 309 g/mol. The number of anilines is 1. The van der Waals surface area contributed by atoms with Crippen molar-refractivity contribution < 1.29 is 14.2 Å². The lowest BCUT2D eigenvalue weighted by molar-refractivity contribution is -0.877. The molecule has 1 aromatic heterocycles. The second-order valence-electron chi connectivity index (χ2n) is 5.05. The molecule has 1 N–H and O–H groups in total. The molecule has 0 amide bonds. The van der Waals surface area contributed by atoms with E-state index in [2.05, 4.69) is 20.3 Å². The van der Waals surface area contributed by atoms with E-state index in [0.29, 0.717) is 43.8 Å². The molecule has 0 fully saturated rings. The number of aromatic nitrogens is 2.